The monoisotopic (exact) mass is 367 g/mol. The third-order valence-electron chi connectivity index (χ3n) is 3.43. The van der Waals surface area contributed by atoms with Crippen molar-refractivity contribution in [2.24, 2.45) is 5.10 Å². The van der Waals surface area contributed by atoms with Gasteiger partial charge in [-0.3, -0.25) is 5.43 Å². The van der Waals surface area contributed by atoms with Crippen molar-refractivity contribution in [3.63, 3.8) is 0 Å². The van der Waals surface area contributed by atoms with Crippen LogP contribution in [0.2, 0.25) is 0 Å². The second kappa shape index (κ2) is 8.00. The van der Waals surface area contributed by atoms with Gasteiger partial charge in [0.1, 0.15) is 17.3 Å². The number of aryl methyl sites for hydroxylation is 1. The molecular weight excluding hydrogens is 353 g/mol. The number of hydrogen-bond donors (Lipinski definition) is 2. The highest BCUT2D eigenvalue weighted by atomic mass is 19.1. The molecule has 3 aromatic rings. The lowest BCUT2D eigenvalue weighted by Gasteiger charge is -2.04. The lowest BCUT2D eigenvalue weighted by Crippen LogP contribution is -2.15. The minimum absolute atomic E-state index is 0.250. The molecule has 0 amide bonds. The fraction of sp³-hybridized carbons (Fsp3) is 0.0556. The minimum Gasteiger partial charge on any atom is -0.423 e. The number of aromatic amines is 1. The summed E-state index contributed by atoms with van der Waals surface area (Å²) in [6.45, 7) is 1.67. The first-order valence-electron chi connectivity index (χ1n) is 7.81. The molecule has 9 heteroatoms. The van der Waals surface area contributed by atoms with Crippen LogP contribution in [-0.2, 0) is 0 Å². The van der Waals surface area contributed by atoms with Crippen molar-refractivity contribution in [3.8, 4) is 5.75 Å². The Hall–Kier alpha value is -3.88. The highest BCUT2D eigenvalue weighted by molar-refractivity contribution is 5.91. The number of hydrazone groups is 1. The Morgan fingerprint density at radius 3 is 2.59 bits per heavy atom. The van der Waals surface area contributed by atoms with E-state index < -0.39 is 17.5 Å². The lowest BCUT2D eigenvalue weighted by molar-refractivity contribution is 0.0734. The van der Waals surface area contributed by atoms with Gasteiger partial charge in [0, 0.05) is 0 Å². The standard InChI is InChI=1S/C18H14FN5O3/c1-11-16(21-18(26)24-22-11)23-20-10-12-2-8-15(9-3-12)27-17(25)13-4-6-14(19)7-5-13/h2-10H,1H3,(H2,21,23,24,26)/b20-10+. The summed E-state index contributed by atoms with van der Waals surface area (Å²) in [7, 11) is 0. The zero-order valence-corrected chi connectivity index (χ0v) is 14.1. The van der Waals surface area contributed by atoms with Crippen LogP contribution in [0.15, 0.2) is 58.4 Å². The van der Waals surface area contributed by atoms with Gasteiger partial charge < -0.3 is 4.74 Å². The van der Waals surface area contributed by atoms with Crippen molar-refractivity contribution >= 4 is 18.0 Å². The Kier molecular flexibility index (Phi) is 5.31. The first-order chi connectivity index (χ1) is 13.0. The zero-order chi connectivity index (χ0) is 19.2. The van der Waals surface area contributed by atoms with E-state index >= 15 is 0 Å². The molecule has 1 heterocycles. The molecule has 8 nitrogen and oxygen atoms in total. The average Bonchev–Trinajstić information content (AvgIpc) is 2.66. The number of ether oxygens (including phenoxy) is 1. The summed E-state index contributed by atoms with van der Waals surface area (Å²) in [4.78, 5) is 26.8. The van der Waals surface area contributed by atoms with Gasteiger partial charge in [0.15, 0.2) is 5.82 Å². The highest BCUT2D eigenvalue weighted by Gasteiger charge is 2.08. The topological polar surface area (TPSA) is 109 Å². The molecule has 0 spiro atoms. The minimum atomic E-state index is -0.582. The fourth-order valence-corrected chi connectivity index (χ4v) is 2.04. The van der Waals surface area contributed by atoms with Crippen molar-refractivity contribution in [1.29, 1.82) is 0 Å². The van der Waals surface area contributed by atoms with E-state index in [0.29, 0.717) is 11.4 Å². The van der Waals surface area contributed by atoms with E-state index in [-0.39, 0.29) is 11.4 Å². The molecule has 0 saturated carbocycles. The van der Waals surface area contributed by atoms with E-state index in [9.17, 15) is 14.0 Å². The Bertz CT molecular complexity index is 1030. The smallest absolute Gasteiger partial charge is 0.363 e. The van der Waals surface area contributed by atoms with Crippen LogP contribution in [-0.4, -0.2) is 27.4 Å². The largest absolute Gasteiger partial charge is 0.423 e. The summed E-state index contributed by atoms with van der Waals surface area (Å²) in [6.07, 6.45) is 1.51. The van der Waals surface area contributed by atoms with Crippen molar-refractivity contribution in [3.05, 3.63) is 81.7 Å². The van der Waals surface area contributed by atoms with Gasteiger partial charge in [-0.25, -0.2) is 19.1 Å². The number of benzene rings is 2. The molecule has 136 valence electrons. The molecule has 0 atom stereocenters. The van der Waals surface area contributed by atoms with Crippen LogP contribution < -0.4 is 15.9 Å². The third-order valence-corrected chi connectivity index (χ3v) is 3.43. The van der Waals surface area contributed by atoms with Gasteiger partial charge in [-0.1, -0.05) is 0 Å². The molecule has 0 aliphatic carbocycles. The van der Waals surface area contributed by atoms with Crippen LogP contribution in [0.4, 0.5) is 10.2 Å². The number of halogens is 1. The van der Waals surface area contributed by atoms with Crippen LogP contribution >= 0.6 is 0 Å². The van der Waals surface area contributed by atoms with Gasteiger partial charge in [-0.2, -0.15) is 15.2 Å². The van der Waals surface area contributed by atoms with Crippen molar-refractivity contribution < 1.29 is 13.9 Å². The SMILES string of the molecule is Cc1n[nH]c(=O)nc1N/N=C/c1ccc(OC(=O)c2ccc(F)cc2)cc1. The lowest BCUT2D eigenvalue weighted by atomic mass is 10.2. The maximum absolute atomic E-state index is 12.9. The van der Waals surface area contributed by atoms with Crippen LogP contribution in [0.1, 0.15) is 21.6 Å². The Morgan fingerprint density at radius 2 is 1.89 bits per heavy atom. The number of H-pyrrole nitrogens is 1. The number of carbonyl (C=O) groups is 1. The van der Waals surface area contributed by atoms with Crippen LogP contribution in [0.25, 0.3) is 0 Å². The summed E-state index contributed by atoms with van der Waals surface area (Å²) < 4.78 is 18.1. The van der Waals surface area contributed by atoms with Crippen molar-refractivity contribution in [2.45, 2.75) is 6.92 Å². The molecule has 0 bridgehead atoms. The van der Waals surface area contributed by atoms with E-state index in [0.717, 1.165) is 5.56 Å². The maximum Gasteiger partial charge on any atom is 0.363 e. The molecule has 0 fully saturated rings. The predicted octanol–water partition coefficient (Wildman–Crippen LogP) is 2.28. The maximum atomic E-state index is 12.9. The summed E-state index contributed by atoms with van der Waals surface area (Å²) >= 11 is 0. The number of hydrogen-bond acceptors (Lipinski definition) is 7. The number of carbonyl (C=O) groups excluding carboxylic acids is 1. The first kappa shape index (κ1) is 17.9. The molecule has 2 aromatic carbocycles. The van der Waals surface area contributed by atoms with E-state index in [4.69, 9.17) is 4.74 Å². The Balaban J connectivity index is 1.61. The Morgan fingerprint density at radius 1 is 1.19 bits per heavy atom. The van der Waals surface area contributed by atoms with E-state index in [1.807, 2.05) is 0 Å². The van der Waals surface area contributed by atoms with Gasteiger partial charge >= 0.3 is 11.7 Å². The van der Waals surface area contributed by atoms with Gasteiger partial charge in [-0.05, 0) is 61.0 Å². The average molecular weight is 367 g/mol. The van der Waals surface area contributed by atoms with Gasteiger partial charge in [-0.15, -0.1) is 0 Å². The highest BCUT2D eigenvalue weighted by Crippen LogP contribution is 2.14. The first-order valence-corrected chi connectivity index (χ1v) is 7.81. The second-order valence-electron chi connectivity index (χ2n) is 5.41. The molecule has 0 aliphatic heterocycles. The molecule has 0 unspecified atom stereocenters. The molecule has 27 heavy (non-hydrogen) atoms. The fourth-order valence-electron chi connectivity index (χ4n) is 2.04. The number of nitrogens with zero attached hydrogens (tertiary/aromatic N) is 3. The molecule has 2 N–H and O–H groups in total. The third kappa shape index (κ3) is 4.82. The van der Waals surface area contributed by atoms with Crippen LogP contribution in [0, 0.1) is 12.7 Å². The summed E-state index contributed by atoms with van der Waals surface area (Å²) in [6, 6.07) is 11.7. The molecule has 0 radical (unpaired) electrons. The molecule has 3 rings (SSSR count). The molecule has 0 aliphatic rings. The Labute approximate surface area is 152 Å². The van der Waals surface area contributed by atoms with E-state index in [1.165, 1.54) is 30.5 Å². The number of nitrogens with one attached hydrogen (secondary N) is 2. The van der Waals surface area contributed by atoms with Crippen LogP contribution in [0.5, 0.6) is 5.75 Å². The molecule has 0 saturated heterocycles. The van der Waals surface area contributed by atoms with Crippen molar-refractivity contribution in [2.75, 3.05) is 5.43 Å². The van der Waals surface area contributed by atoms with Gasteiger partial charge in [0.2, 0.25) is 0 Å². The van der Waals surface area contributed by atoms with Crippen molar-refractivity contribution in [1.82, 2.24) is 15.2 Å². The summed E-state index contributed by atoms with van der Waals surface area (Å²) in [5, 5.41) is 9.97. The number of aromatic nitrogens is 3. The number of anilines is 1. The summed E-state index contributed by atoms with van der Waals surface area (Å²) in [5.74, 6) is -0.419. The predicted molar refractivity (Wildman–Crippen MR) is 96.4 cm³/mol. The van der Waals surface area contributed by atoms with E-state index in [2.05, 4.69) is 25.7 Å². The molecular formula is C18H14FN5O3. The number of rotatable bonds is 5. The van der Waals surface area contributed by atoms with Gasteiger partial charge in [0.05, 0.1) is 11.8 Å². The zero-order valence-electron chi connectivity index (χ0n) is 14.1. The number of esters is 1. The quantitative estimate of drug-likeness (QED) is 0.310. The second-order valence-corrected chi connectivity index (χ2v) is 5.41. The molecule has 1 aromatic heterocycles. The van der Waals surface area contributed by atoms with Gasteiger partial charge in [0.25, 0.3) is 0 Å². The van der Waals surface area contributed by atoms with E-state index in [1.54, 1.807) is 31.2 Å². The summed E-state index contributed by atoms with van der Waals surface area (Å²) in [5.41, 5.74) is 3.52. The van der Waals surface area contributed by atoms with Crippen LogP contribution in [0.3, 0.4) is 0 Å². The normalized spacial score (nSPS) is 10.7.